The van der Waals surface area contributed by atoms with Crippen LogP contribution in [-0.4, -0.2) is 45.9 Å². The zero-order chi connectivity index (χ0) is 17.6. The van der Waals surface area contributed by atoms with Gasteiger partial charge in [-0.2, -0.15) is 0 Å². The lowest BCUT2D eigenvalue weighted by Crippen LogP contribution is -2.43. The van der Waals surface area contributed by atoms with Crippen molar-refractivity contribution in [3.05, 3.63) is 54.1 Å². The standard InChI is InChI=1S/C19H24N4O2/c1-15-4-2-3-5-17(15)19(25)23-10-6-16(7-11-23)18(24)21-9-13-22-12-8-20-14-22/h2-5,8,12,14,16H,6-7,9-11,13H2,1H3,(H,21,24). The Morgan fingerprint density at radius 2 is 2.00 bits per heavy atom. The molecule has 0 spiro atoms. The summed E-state index contributed by atoms with van der Waals surface area (Å²) in [6.07, 6.45) is 6.77. The summed E-state index contributed by atoms with van der Waals surface area (Å²) in [6.45, 7) is 4.53. The molecule has 1 aromatic carbocycles. The maximum atomic E-state index is 12.6. The highest BCUT2D eigenvalue weighted by Crippen LogP contribution is 2.20. The Labute approximate surface area is 147 Å². The van der Waals surface area contributed by atoms with Crippen LogP contribution in [-0.2, 0) is 11.3 Å². The second-order valence-corrected chi connectivity index (χ2v) is 6.47. The van der Waals surface area contributed by atoms with Crippen molar-refractivity contribution in [3.8, 4) is 0 Å². The normalized spacial score (nSPS) is 15.2. The van der Waals surface area contributed by atoms with Crippen LogP contribution >= 0.6 is 0 Å². The van der Waals surface area contributed by atoms with Gasteiger partial charge in [0.25, 0.3) is 5.91 Å². The van der Waals surface area contributed by atoms with Gasteiger partial charge in [0.1, 0.15) is 0 Å². The molecule has 6 heteroatoms. The van der Waals surface area contributed by atoms with Crippen molar-refractivity contribution in [1.29, 1.82) is 0 Å². The summed E-state index contributed by atoms with van der Waals surface area (Å²) in [5.74, 6) is 0.142. The van der Waals surface area contributed by atoms with Crippen LogP contribution in [0, 0.1) is 12.8 Å². The van der Waals surface area contributed by atoms with E-state index < -0.39 is 0 Å². The van der Waals surface area contributed by atoms with Crippen LogP contribution in [0.15, 0.2) is 43.0 Å². The van der Waals surface area contributed by atoms with E-state index in [1.165, 1.54) is 0 Å². The Hall–Kier alpha value is -2.63. The second kappa shape index (κ2) is 7.96. The van der Waals surface area contributed by atoms with Crippen LogP contribution < -0.4 is 5.32 Å². The first kappa shape index (κ1) is 17.2. The number of amides is 2. The van der Waals surface area contributed by atoms with Crippen molar-refractivity contribution in [2.24, 2.45) is 5.92 Å². The highest BCUT2D eigenvalue weighted by Gasteiger charge is 2.28. The first-order valence-electron chi connectivity index (χ1n) is 8.73. The molecule has 3 rings (SSSR count). The number of nitrogens with zero attached hydrogens (tertiary/aromatic N) is 3. The van der Waals surface area contributed by atoms with Crippen LogP contribution in [0.3, 0.4) is 0 Å². The van der Waals surface area contributed by atoms with Crippen molar-refractivity contribution >= 4 is 11.8 Å². The maximum Gasteiger partial charge on any atom is 0.254 e. The predicted octanol–water partition coefficient (Wildman–Crippen LogP) is 1.86. The number of aromatic nitrogens is 2. The van der Waals surface area contributed by atoms with Crippen molar-refractivity contribution < 1.29 is 9.59 Å². The summed E-state index contributed by atoms with van der Waals surface area (Å²) in [4.78, 5) is 30.7. The number of aryl methyl sites for hydroxylation is 1. The van der Waals surface area contributed by atoms with Crippen molar-refractivity contribution in [2.45, 2.75) is 26.3 Å². The number of likely N-dealkylation sites (tertiary alicyclic amines) is 1. The fourth-order valence-corrected chi connectivity index (χ4v) is 3.20. The number of piperidine rings is 1. The first-order valence-corrected chi connectivity index (χ1v) is 8.73. The molecule has 6 nitrogen and oxygen atoms in total. The van der Waals surface area contributed by atoms with E-state index in [1.54, 1.807) is 12.5 Å². The molecule has 2 heterocycles. The van der Waals surface area contributed by atoms with Gasteiger partial charge >= 0.3 is 0 Å². The minimum absolute atomic E-state index is 0.0105. The predicted molar refractivity (Wildman–Crippen MR) is 95.0 cm³/mol. The largest absolute Gasteiger partial charge is 0.354 e. The molecule has 1 aliphatic rings. The minimum atomic E-state index is -0.0105. The number of carbonyl (C=O) groups excluding carboxylic acids is 2. The van der Waals surface area contributed by atoms with Gasteiger partial charge in [0, 0.05) is 50.1 Å². The Bertz CT molecular complexity index is 719. The van der Waals surface area contributed by atoms with E-state index in [9.17, 15) is 9.59 Å². The van der Waals surface area contributed by atoms with Gasteiger partial charge in [0.2, 0.25) is 5.91 Å². The third kappa shape index (κ3) is 4.26. The van der Waals surface area contributed by atoms with Gasteiger partial charge in [-0.05, 0) is 31.4 Å². The van der Waals surface area contributed by atoms with Crippen molar-refractivity contribution in [2.75, 3.05) is 19.6 Å². The lowest BCUT2D eigenvalue weighted by molar-refractivity contribution is -0.126. The molecule has 132 valence electrons. The number of nitrogens with one attached hydrogen (secondary N) is 1. The molecule has 0 unspecified atom stereocenters. The molecule has 0 saturated carbocycles. The lowest BCUT2D eigenvalue weighted by Gasteiger charge is -2.31. The highest BCUT2D eigenvalue weighted by molar-refractivity contribution is 5.95. The monoisotopic (exact) mass is 340 g/mol. The van der Waals surface area contributed by atoms with E-state index >= 15 is 0 Å². The second-order valence-electron chi connectivity index (χ2n) is 6.47. The molecule has 1 saturated heterocycles. The first-order chi connectivity index (χ1) is 12.1. The molecule has 1 aromatic heterocycles. The van der Waals surface area contributed by atoms with E-state index in [2.05, 4.69) is 10.3 Å². The molecule has 2 aromatic rings. The topological polar surface area (TPSA) is 67.2 Å². The molecule has 1 fully saturated rings. The van der Waals surface area contributed by atoms with Crippen molar-refractivity contribution in [1.82, 2.24) is 19.8 Å². The summed E-state index contributed by atoms with van der Waals surface area (Å²) < 4.78 is 1.93. The third-order valence-electron chi connectivity index (χ3n) is 4.76. The summed E-state index contributed by atoms with van der Waals surface area (Å²) in [5.41, 5.74) is 1.75. The molecule has 0 radical (unpaired) electrons. The van der Waals surface area contributed by atoms with Crippen LogP contribution in [0.5, 0.6) is 0 Å². The number of hydrogen-bond acceptors (Lipinski definition) is 3. The number of carbonyl (C=O) groups is 2. The summed E-state index contributed by atoms with van der Waals surface area (Å²) in [7, 11) is 0. The van der Waals surface area contributed by atoms with Crippen LogP contribution in [0.2, 0.25) is 0 Å². The molecule has 0 bridgehead atoms. The summed E-state index contributed by atoms with van der Waals surface area (Å²) >= 11 is 0. The van der Waals surface area contributed by atoms with Crippen LogP contribution in [0.25, 0.3) is 0 Å². The smallest absolute Gasteiger partial charge is 0.254 e. The lowest BCUT2D eigenvalue weighted by atomic mass is 9.95. The average Bonchev–Trinajstić information content (AvgIpc) is 3.15. The molecule has 0 atom stereocenters. The molecule has 1 N–H and O–H groups in total. The Kier molecular flexibility index (Phi) is 5.48. The fourth-order valence-electron chi connectivity index (χ4n) is 3.20. The molecule has 0 aliphatic carbocycles. The Morgan fingerprint density at radius 3 is 2.68 bits per heavy atom. The maximum absolute atomic E-state index is 12.6. The molecular weight excluding hydrogens is 316 g/mol. The fraction of sp³-hybridized carbons (Fsp3) is 0.421. The number of benzene rings is 1. The van der Waals surface area contributed by atoms with E-state index in [0.29, 0.717) is 32.5 Å². The van der Waals surface area contributed by atoms with Gasteiger partial charge in [0.15, 0.2) is 0 Å². The van der Waals surface area contributed by atoms with Gasteiger partial charge < -0.3 is 14.8 Å². The quantitative estimate of drug-likeness (QED) is 0.903. The van der Waals surface area contributed by atoms with Gasteiger partial charge in [-0.3, -0.25) is 9.59 Å². The zero-order valence-corrected chi connectivity index (χ0v) is 14.5. The number of rotatable bonds is 5. The molecule has 1 aliphatic heterocycles. The van der Waals surface area contributed by atoms with E-state index in [-0.39, 0.29) is 17.7 Å². The minimum Gasteiger partial charge on any atom is -0.354 e. The van der Waals surface area contributed by atoms with E-state index in [0.717, 1.165) is 17.7 Å². The van der Waals surface area contributed by atoms with Gasteiger partial charge in [-0.15, -0.1) is 0 Å². The SMILES string of the molecule is Cc1ccccc1C(=O)N1CCC(C(=O)NCCn2ccnc2)CC1. The molecule has 25 heavy (non-hydrogen) atoms. The van der Waals surface area contributed by atoms with Gasteiger partial charge in [0.05, 0.1) is 6.33 Å². The molecular formula is C19H24N4O2. The summed E-state index contributed by atoms with van der Waals surface area (Å²) in [5, 5.41) is 2.98. The van der Waals surface area contributed by atoms with E-state index in [1.807, 2.05) is 46.9 Å². The van der Waals surface area contributed by atoms with E-state index in [4.69, 9.17) is 0 Å². The Balaban J connectivity index is 1.45. The highest BCUT2D eigenvalue weighted by atomic mass is 16.2. The zero-order valence-electron chi connectivity index (χ0n) is 14.5. The van der Waals surface area contributed by atoms with Gasteiger partial charge in [-0.25, -0.2) is 4.98 Å². The van der Waals surface area contributed by atoms with Crippen LogP contribution in [0.4, 0.5) is 0 Å². The van der Waals surface area contributed by atoms with Crippen LogP contribution in [0.1, 0.15) is 28.8 Å². The number of hydrogen-bond donors (Lipinski definition) is 1. The third-order valence-corrected chi connectivity index (χ3v) is 4.76. The summed E-state index contributed by atoms with van der Waals surface area (Å²) in [6, 6.07) is 7.65. The van der Waals surface area contributed by atoms with Crippen molar-refractivity contribution in [3.63, 3.8) is 0 Å². The van der Waals surface area contributed by atoms with Gasteiger partial charge in [-0.1, -0.05) is 18.2 Å². The Morgan fingerprint density at radius 1 is 1.24 bits per heavy atom. The average molecular weight is 340 g/mol. The molecule has 2 amide bonds. The number of imidazole rings is 1.